The van der Waals surface area contributed by atoms with E-state index >= 15 is 0 Å². The number of rotatable bonds is 7. The van der Waals surface area contributed by atoms with E-state index in [0.717, 1.165) is 0 Å². The fraction of sp³-hybridized carbons (Fsp3) is 0.100. The number of amides is 2. The van der Waals surface area contributed by atoms with Gasteiger partial charge in [-0.15, -0.1) is 0 Å². The molecule has 0 unspecified atom stereocenters. The predicted octanol–water partition coefficient (Wildman–Crippen LogP) is 3.41. The molecule has 0 saturated carbocycles. The maximum absolute atomic E-state index is 12.8. The summed E-state index contributed by atoms with van der Waals surface area (Å²) in [6, 6.07) is 13.8. The molecule has 2 amide bonds. The average molecular weight is 448 g/mol. The van der Waals surface area contributed by atoms with Gasteiger partial charge in [-0.2, -0.15) is 0 Å². The van der Waals surface area contributed by atoms with Gasteiger partial charge in [0.05, 0.1) is 17.7 Å². The molecule has 0 aliphatic heterocycles. The monoisotopic (exact) mass is 447 g/mol. The lowest BCUT2D eigenvalue weighted by molar-refractivity contribution is -0.115. The zero-order valence-corrected chi connectivity index (χ0v) is 17.4. The molecule has 3 N–H and O–H groups in total. The van der Waals surface area contributed by atoms with Crippen LogP contribution in [-0.4, -0.2) is 26.8 Å². The van der Waals surface area contributed by atoms with Gasteiger partial charge in [-0.05, 0) is 61.0 Å². The van der Waals surface area contributed by atoms with Crippen LogP contribution in [0.25, 0.3) is 0 Å². The van der Waals surface area contributed by atoms with Crippen molar-refractivity contribution in [2.45, 2.75) is 11.8 Å². The second-order valence-electron chi connectivity index (χ2n) is 6.30. The molecule has 1 heterocycles. The third-order valence-electron chi connectivity index (χ3n) is 4.01. The van der Waals surface area contributed by atoms with E-state index in [0.29, 0.717) is 16.3 Å². The third-order valence-corrected chi connectivity index (χ3v) is 5.79. The van der Waals surface area contributed by atoms with Gasteiger partial charge in [-0.3, -0.25) is 14.3 Å². The molecule has 1 aromatic heterocycles. The maximum Gasteiger partial charge on any atom is 0.287 e. The highest BCUT2D eigenvalue weighted by molar-refractivity contribution is 7.92. The Balaban J connectivity index is 1.68. The van der Waals surface area contributed by atoms with E-state index in [1.165, 1.54) is 18.4 Å². The van der Waals surface area contributed by atoms with Crippen molar-refractivity contribution in [3.8, 4) is 0 Å². The van der Waals surface area contributed by atoms with Crippen molar-refractivity contribution >= 4 is 44.8 Å². The Hall–Kier alpha value is -3.30. The number of nitrogens with one attached hydrogen (secondary N) is 3. The normalized spacial score (nSPS) is 11.0. The maximum atomic E-state index is 12.8. The number of sulfonamides is 1. The Labute approximate surface area is 178 Å². The topological polar surface area (TPSA) is 118 Å². The summed E-state index contributed by atoms with van der Waals surface area (Å²) < 4.78 is 33.0. The summed E-state index contributed by atoms with van der Waals surface area (Å²) in [6.45, 7) is 1.34. The van der Waals surface area contributed by atoms with E-state index in [-0.39, 0.29) is 22.9 Å². The minimum absolute atomic E-state index is 0.00914. The lowest BCUT2D eigenvalue weighted by atomic mass is 10.2. The van der Waals surface area contributed by atoms with E-state index in [4.69, 9.17) is 16.0 Å². The molecule has 10 heteroatoms. The second kappa shape index (κ2) is 9.02. The third kappa shape index (κ3) is 5.40. The first-order valence-corrected chi connectivity index (χ1v) is 10.6. The van der Waals surface area contributed by atoms with Gasteiger partial charge >= 0.3 is 0 Å². The number of aryl methyl sites for hydroxylation is 1. The fourth-order valence-electron chi connectivity index (χ4n) is 2.56. The molecule has 0 bridgehead atoms. The molecule has 3 rings (SSSR count). The van der Waals surface area contributed by atoms with Gasteiger partial charge < -0.3 is 15.1 Å². The molecule has 0 fully saturated rings. The first kappa shape index (κ1) is 21.4. The highest BCUT2D eigenvalue weighted by Gasteiger charge is 2.18. The van der Waals surface area contributed by atoms with E-state index in [1.54, 1.807) is 49.4 Å². The molecular formula is C20H18ClN3O5S. The van der Waals surface area contributed by atoms with Crippen molar-refractivity contribution < 1.29 is 22.4 Å². The van der Waals surface area contributed by atoms with Gasteiger partial charge in [0.15, 0.2) is 5.76 Å². The Bertz CT molecular complexity index is 1160. The number of furan rings is 1. The van der Waals surface area contributed by atoms with Crippen molar-refractivity contribution in [1.82, 2.24) is 5.32 Å². The molecule has 0 atom stereocenters. The molecule has 8 nitrogen and oxygen atoms in total. The number of carbonyl (C=O) groups excluding carboxylic acids is 2. The molecule has 2 aromatic carbocycles. The predicted molar refractivity (Wildman–Crippen MR) is 113 cm³/mol. The van der Waals surface area contributed by atoms with Crippen molar-refractivity contribution in [3.63, 3.8) is 0 Å². The van der Waals surface area contributed by atoms with Crippen LogP contribution in [0.15, 0.2) is 70.2 Å². The summed E-state index contributed by atoms with van der Waals surface area (Å²) in [4.78, 5) is 23.9. The molecule has 0 spiro atoms. The summed E-state index contributed by atoms with van der Waals surface area (Å²) >= 11 is 5.82. The van der Waals surface area contributed by atoms with Crippen LogP contribution in [0.3, 0.4) is 0 Å². The first-order valence-electron chi connectivity index (χ1n) is 8.75. The fourth-order valence-corrected chi connectivity index (χ4v) is 4.01. The van der Waals surface area contributed by atoms with Crippen LogP contribution >= 0.6 is 11.6 Å². The van der Waals surface area contributed by atoms with Gasteiger partial charge in [-0.25, -0.2) is 8.42 Å². The minimum Gasteiger partial charge on any atom is -0.459 e. The van der Waals surface area contributed by atoms with Gasteiger partial charge in [0, 0.05) is 16.4 Å². The molecule has 0 aliphatic rings. The van der Waals surface area contributed by atoms with Gasteiger partial charge in [0.1, 0.15) is 0 Å². The molecule has 0 radical (unpaired) electrons. The lowest BCUT2D eigenvalue weighted by Gasteiger charge is -2.13. The quantitative estimate of drug-likeness (QED) is 0.513. The van der Waals surface area contributed by atoms with Crippen LogP contribution in [0, 0.1) is 6.92 Å². The Morgan fingerprint density at radius 1 is 1.03 bits per heavy atom. The summed E-state index contributed by atoms with van der Waals surface area (Å²) in [5.74, 6) is -0.970. The van der Waals surface area contributed by atoms with Crippen LogP contribution in [-0.2, 0) is 14.8 Å². The Morgan fingerprint density at radius 3 is 2.40 bits per heavy atom. The number of anilines is 2. The SMILES string of the molecule is Cc1ccc(NC(=O)CNC(=O)c2ccco2)cc1S(=O)(=O)Nc1ccc(Cl)cc1. The molecule has 3 aromatic rings. The van der Waals surface area contributed by atoms with Gasteiger partial charge in [0.25, 0.3) is 15.9 Å². The molecule has 0 saturated heterocycles. The van der Waals surface area contributed by atoms with E-state index in [9.17, 15) is 18.0 Å². The lowest BCUT2D eigenvalue weighted by Crippen LogP contribution is -2.32. The van der Waals surface area contributed by atoms with Gasteiger partial charge in [-0.1, -0.05) is 17.7 Å². The van der Waals surface area contributed by atoms with Crippen molar-refractivity contribution in [2.24, 2.45) is 0 Å². The van der Waals surface area contributed by atoms with E-state index < -0.39 is 21.8 Å². The minimum atomic E-state index is -3.90. The highest BCUT2D eigenvalue weighted by atomic mass is 35.5. The summed E-state index contributed by atoms with van der Waals surface area (Å²) in [5, 5.41) is 5.46. The number of hydrogen-bond donors (Lipinski definition) is 3. The smallest absolute Gasteiger partial charge is 0.287 e. The highest BCUT2D eigenvalue weighted by Crippen LogP contribution is 2.23. The van der Waals surface area contributed by atoms with E-state index in [2.05, 4.69) is 15.4 Å². The van der Waals surface area contributed by atoms with Crippen LogP contribution in [0.4, 0.5) is 11.4 Å². The molecule has 0 aliphatic carbocycles. The summed E-state index contributed by atoms with van der Waals surface area (Å²) in [5.41, 5.74) is 1.13. The summed E-state index contributed by atoms with van der Waals surface area (Å²) in [7, 11) is -3.90. The zero-order chi connectivity index (χ0) is 21.7. The first-order chi connectivity index (χ1) is 14.2. The Kier molecular flexibility index (Phi) is 6.43. The number of benzene rings is 2. The van der Waals surface area contributed by atoms with Crippen LogP contribution < -0.4 is 15.4 Å². The average Bonchev–Trinajstić information content (AvgIpc) is 3.24. The molecule has 156 valence electrons. The standard InChI is InChI=1S/C20H18ClN3O5S/c1-13-4-7-16(23-19(25)12-22-20(26)17-3-2-10-29-17)11-18(13)30(27,28)24-15-8-5-14(21)6-9-15/h2-11,24H,12H2,1H3,(H,22,26)(H,23,25). The van der Waals surface area contributed by atoms with E-state index in [1.807, 2.05) is 0 Å². The van der Waals surface area contributed by atoms with Gasteiger partial charge in [0.2, 0.25) is 5.91 Å². The molecular weight excluding hydrogens is 430 g/mol. The van der Waals surface area contributed by atoms with Crippen LogP contribution in [0.5, 0.6) is 0 Å². The number of hydrogen-bond acceptors (Lipinski definition) is 5. The molecule has 30 heavy (non-hydrogen) atoms. The summed E-state index contributed by atoms with van der Waals surface area (Å²) in [6.07, 6.45) is 1.35. The number of carbonyl (C=O) groups is 2. The number of halogens is 1. The van der Waals surface area contributed by atoms with Crippen molar-refractivity contribution in [2.75, 3.05) is 16.6 Å². The Morgan fingerprint density at radius 2 is 1.73 bits per heavy atom. The largest absolute Gasteiger partial charge is 0.459 e. The van der Waals surface area contributed by atoms with Crippen molar-refractivity contribution in [3.05, 3.63) is 77.2 Å². The zero-order valence-electron chi connectivity index (χ0n) is 15.8. The second-order valence-corrected chi connectivity index (χ2v) is 8.39. The van der Waals surface area contributed by atoms with Crippen LogP contribution in [0.1, 0.15) is 16.1 Å². The van der Waals surface area contributed by atoms with Crippen molar-refractivity contribution in [1.29, 1.82) is 0 Å². The van der Waals surface area contributed by atoms with Crippen LogP contribution in [0.2, 0.25) is 5.02 Å².